The van der Waals surface area contributed by atoms with E-state index in [1.165, 1.54) is 0 Å². The molecule has 2 aliphatic rings. The van der Waals surface area contributed by atoms with E-state index in [1.54, 1.807) is 6.20 Å². The van der Waals surface area contributed by atoms with E-state index in [2.05, 4.69) is 23.3 Å². The smallest absolute Gasteiger partial charge is 0.257 e. The number of aryl methyl sites for hydroxylation is 1. The highest BCUT2D eigenvalue weighted by atomic mass is 16.5. The van der Waals surface area contributed by atoms with E-state index in [0.29, 0.717) is 24.6 Å². The third-order valence-electron chi connectivity index (χ3n) is 5.50. The Morgan fingerprint density at radius 2 is 2.07 bits per heavy atom. The summed E-state index contributed by atoms with van der Waals surface area (Å²) < 4.78 is 11.7. The fraction of sp³-hybridized carbons (Fsp3) is 0.455. The van der Waals surface area contributed by atoms with Gasteiger partial charge in [0.15, 0.2) is 0 Å². The second-order valence-corrected chi connectivity index (χ2v) is 7.89. The fourth-order valence-corrected chi connectivity index (χ4v) is 3.42. The zero-order valence-corrected chi connectivity index (χ0v) is 16.3. The predicted molar refractivity (Wildman–Crippen MR) is 106 cm³/mol. The van der Waals surface area contributed by atoms with Gasteiger partial charge in [0.05, 0.1) is 13.2 Å². The summed E-state index contributed by atoms with van der Waals surface area (Å²) in [5.74, 6) is 1.32. The maximum absolute atomic E-state index is 12.0. The lowest BCUT2D eigenvalue weighted by Gasteiger charge is -2.30. The van der Waals surface area contributed by atoms with Crippen molar-refractivity contribution in [2.24, 2.45) is 5.92 Å². The summed E-state index contributed by atoms with van der Waals surface area (Å²) in [5.41, 5.74) is 1.81. The van der Waals surface area contributed by atoms with Gasteiger partial charge in [-0.1, -0.05) is 13.0 Å². The van der Waals surface area contributed by atoms with Gasteiger partial charge in [-0.3, -0.25) is 4.79 Å². The van der Waals surface area contributed by atoms with Crippen molar-refractivity contribution in [3.63, 3.8) is 0 Å². The number of aliphatic hydroxyl groups is 1. The van der Waals surface area contributed by atoms with E-state index in [0.717, 1.165) is 42.1 Å². The lowest BCUT2D eigenvalue weighted by molar-refractivity contribution is -0.125. The molecule has 0 bridgehead atoms. The Kier molecular flexibility index (Phi) is 5.08. The monoisotopic (exact) mass is 382 g/mol. The molecule has 148 valence electrons. The summed E-state index contributed by atoms with van der Waals surface area (Å²) in [5, 5.41) is 12.6. The number of anilines is 1. The number of hydrogen-bond acceptors (Lipinski definition) is 5. The standard InChI is InChI=1S/C22H26N2O4/c1-14-11-16(3-4-18(14)28-19-6-10-27-13-15(19)2)17-5-9-23-20(12-17)24-21(25)22(26)7-8-22/h3-5,9,11-12,15,19,26H,6-8,10,13H2,1-2H3,(H,23,24,25)/t15-,19?/m1/s1. The van der Waals surface area contributed by atoms with Crippen LogP contribution in [-0.2, 0) is 9.53 Å². The molecule has 2 heterocycles. The molecule has 1 aromatic heterocycles. The minimum Gasteiger partial charge on any atom is -0.490 e. The van der Waals surface area contributed by atoms with Crippen molar-refractivity contribution in [1.29, 1.82) is 0 Å². The lowest BCUT2D eigenvalue weighted by atomic mass is 10.00. The average Bonchev–Trinajstić information content (AvgIpc) is 3.44. The largest absolute Gasteiger partial charge is 0.490 e. The molecule has 0 radical (unpaired) electrons. The van der Waals surface area contributed by atoms with Crippen LogP contribution in [0.3, 0.4) is 0 Å². The summed E-state index contributed by atoms with van der Waals surface area (Å²) in [4.78, 5) is 16.2. The van der Waals surface area contributed by atoms with E-state index in [-0.39, 0.29) is 12.0 Å². The van der Waals surface area contributed by atoms with Crippen LogP contribution in [0.5, 0.6) is 5.75 Å². The normalized spacial score (nSPS) is 23.1. The minimum atomic E-state index is -1.21. The molecule has 2 atom stereocenters. The second-order valence-electron chi connectivity index (χ2n) is 7.89. The molecule has 1 saturated carbocycles. The molecule has 0 spiro atoms. The first-order valence-corrected chi connectivity index (χ1v) is 9.80. The number of hydrogen-bond donors (Lipinski definition) is 2. The Morgan fingerprint density at radius 1 is 1.29 bits per heavy atom. The van der Waals surface area contributed by atoms with Crippen LogP contribution in [0.2, 0.25) is 0 Å². The Labute approximate surface area is 164 Å². The molecular weight excluding hydrogens is 356 g/mol. The van der Waals surface area contributed by atoms with Gasteiger partial charge in [-0.05, 0) is 60.7 Å². The molecule has 1 aliphatic carbocycles. The Morgan fingerprint density at radius 3 is 2.79 bits per heavy atom. The molecule has 1 amide bonds. The number of carbonyl (C=O) groups excluding carboxylic acids is 1. The van der Waals surface area contributed by atoms with E-state index >= 15 is 0 Å². The van der Waals surface area contributed by atoms with Gasteiger partial charge < -0.3 is 19.9 Å². The van der Waals surface area contributed by atoms with Crippen LogP contribution in [0.1, 0.15) is 31.7 Å². The number of ether oxygens (including phenoxy) is 2. The van der Waals surface area contributed by atoms with Crippen LogP contribution in [0.4, 0.5) is 5.82 Å². The highest BCUT2D eigenvalue weighted by Crippen LogP contribution is 2.36. The molecule has 1 unspecified atom stereocenters. The summed E-state index contributed by atoms with van der Waals surface area (Å²) in [6.45, 7) is 5.67. The maximum Gasteiger partial charge on any atom is 0.257 e. The molecule has 1 saturated heterocycles. The Hall–Kier alpha value is -2.44. The number of benzene rings is 1. The summed E-state index contributed by atoms with van der Waals surface area (Å²) in [6.07, 6.45) is 3.75. The Balaban J connectivity index is 1.49. The van der Waals surface area contributed by atoms with Gasteiger partial charge in [0.25, 0.3) is 5.91 Å². The van der Waals surface area contributed by atoms with Gasteiger partial charge in [0, 0.05) is 18.5 Å². The molecule has 2 fully saturated rings. The zero-order chi connectivity index (χ0) is 19.7. The summed E-state index contributed by atoms with van der Waals surface area (Å²) in [7, 11) is 0. The average molecular weight is 382 g/mol. The van der Waals surface area contributed by atoms with Gasteiger partial charge in [-0.25, -0.2) is 4.98 Å². The predicted octanol–water partition coefficient (Wildman–Crippen LogP) is 3.32. The first-order valence-electron chi connectivity index (χ1n) is 9.80. The molecule has 2 aromatic rings. The highest BCUT2D eigenvalue weighted by molar-refractivity contribution is 5.98. The van der Waals surface area contributed by atoms with Crippen LogP contribution in [0, 0.1) is 12.8 Å². The van der Waals surface area contributed by atoms with E-state index < -0.39 is 5.60 Å². The maximum atomic E-state index is 12.0. The number of nitrogens with zero attached hydrogens (tertiary/aromatic N) is 1. The number of carbonyl (C=O) groups is 1. The molecule has 1 aliphatic heterocycles. The highest BCUT2D eigenvalue weighted by Gasteiger charge is 2.48. The van der Waals surface area contributed by atoms with Gasteiger partial charge >= 0.3 is 0 Å². The fourth-order valence-electron chi connectivity index (χ4n) is 3.42. The lowest BCUT2D eigenvalue weighted by Crippen LogP contribution is -2.34. The number of pyridine rings is 1. The molecular formula is C22H26N2O4. The van der Waals surface area contributed by atoms with Crippen LogP contribution in [0.15, 0.2) is 36.5 Å². The first-order chi connectivity index (χ1) is 13.4. The number of nitrogens with one attached hydrogen (secondary N) is 1. The summed E-state index contributed by atoms with van der Waals surface area (Å²) >= 11 is 0. The first kappa shape index (κ1) is 18.9. The van der Waals surface area contributed by atoms with E-state index in [9.17, 15) is 9.90 Å². The SMILES string of the molecule is Cc1cc(-c2ccnc(NC(=O)C3(O)CC3)c2)ccc1OC1CCOC[C@H]1C. The van der Waals surface area contributed by atoms with Crippen molar-refractivity contribution < 1.29 is 19.4 Å². The van der Waals surface area contributed by atoms with Gasteiger partial charge in [-0.15, -0.1) is 0 Å². The van der Waals surface area contributed by atoms with Gasteiger partial charge in [-0.2, -0.15) is 0 Å². The van der Waals surface area contributed by atoms with Crippen LogP contribution >= 0.6 is 0 Å². The van der Waals surface area contributed by atoms with Gasteiger partial charge in [0.1, 0.15) is 23.3 Å². The molecule has 28 heavy (non-hydrogen) atoms. The zero-order valence-electron chi connectivity index (χ0n) is 16.3. The van der Waals surface area contributed by atoms with Crippen molar-refractivity contribution in [1.82, 2.24) is 4.98 Å². The molecule has 2 N–H and O–H groups in total. The van der Waals surface area contributed by atoms with Crippen LogP contribution in [-0.4, -0.2) is 40.9 Å². The molecule has 1 aromatic carbocycles. The number of amides is 1. The van der Waals surface area contributed by atoms with Crippen molar-refractivity contribution in [3.8, 4) is 16.9 Å². The summed E-state index contributed by atoms with van der Waals surface area (Å²) in [6, 6.07) is 9.81. The van der Waals surface area contributed by atoms with Crippen LogP contribution < -0.4 is 10.1 Å². The van der Waals surface area contributed by atoms with E-state index in [1.807, 2.05) is 31.2 Å². The minimum absolute atomic E-state index is 0.175. The van der Waals surface area contributed by atoms with Crippen molar-refractivity contribution in [2.75, 3.05) is 18.5 Å². The molecule has 4 rings (SSSR count). The second kappa shape index (κ2) is 7.53. The quantitative estimate of drug-likeness (QED) is 0.829. The van der Waals surface area contributed by atoms with Crippen molar-refractivity contribution in [2.45, 2.75) is 44.8 Å². The topological polar surface area (TPSA) is 80.7 Å². The number of aromatic nitrogens is 1. The Bertz CT molecular complexity index is 879. The third kappa shape index (κ3) is 4.03. The van der Waals surface area contributed by atoms with Gasteiger partial charge in [0.2, 0.25) is 0 Å². The van der Waals surface area contributed by atoms with Crippen molar-refractivity contribution >= 4 is 11.7 Å². The van der Waals surface area contributed by atoms with Crippen LogP contribution in [0.25, 0.3) is 11.1 Å². The van der Waals surface area contributed by atoms with E-state index in [4.69, 9.17) is 9.47 Å². The van der Waals surface area contributed by atoms with Crippen molar-refractivity contribution in [3.05, 3.63) is 42.1 Å². The number of rotatable bonds is 5. The third-order valence-corrected chi connectivity index (χ3v) is 5.50. The molecule has 6 heteroatoms. The molecule has 6 nitrogen and oxygen atoms in total.